The van der Waals surface area contributed by atoms with Gasteiger partial charge in [-0.25, -0.2) is 0 Å². The summed E-state index contributed by atoms with van der Waals surface area (Å²) >= 11 is 5.26. The molecule has 1 rings (SSSR count). The highest BCUT2D eigenvalue weighted by Gasteiger charge is 2.27. The Labute approximate surface area is 104 Å². The Balaban J connectivity index is 2.26. The summed E-state index contributed by atoms with van der Waals surface area (Å²) in [7, 11) is 1.70. The molecule has 16 heavy (non-hydrogen) atoms. The van der Waals surface area contributed by atoms with E-state index in [0.717, 1.165) is 17.6 Å². The zero-order valence-electron chi connectivity index (χ0n) is 10.6. The minimum Gasteiger partial charge on any atom is -0.383 e. The van der Waals surface area contributed by atoms with E-state index < -0.39 is 0 Å². The van der Waals surface area contributed by atoms with Gasteiger partial charge in [0.15, 0.2) is 5.11 Å². The Hall–Kier alpha value is -0.350. The number of ether oxygens (including phenoxy) is 1. The molecule has 0 bridgehead atoms. The van der Waals surface area contributed by atoms with Crippen LogP contribution in [0.1, 0.15) is 33.1 Å². The molecule has 0 aromatic heterocycles. The third kappa shape index (κ3) is 4.26. The Morgan fingerprint density at radius 3 is 2.81 bits per heavy atom. The van der Waals surface area contributed by atoms with E-state index in [0.29, 0.717) is 18.6 Å². The van der Waals surface area contributed by atoms with Crippen molar-refractivity contribution < 1.29 is 4.74 Å². The maximum absolute atomic E-state index is 5.26. The first-order chi connectivity index (χ1) is 7.65. The van der Waals surface area contributed by atoms with Crippen molar-refractivity contribution in [2.24, 2.45) is 11.8 Å². The summed E-state index contributed by atoms with van der Waals surface area (Å²) in [4.78, 5) is 0. The smallest absolute Gasteiger partial charge is 0.166 e. The number of hydrogen-bond donors (Lipinski definition) is 2. The average Bonchev–Trinajstić information content (AvgIpc) is 2.25. The molecule has 3 nitrogen and oxygen atoms in total. The number of rotatable bonds is 4. The lowest BCUT2D eigenvalue weighted by molar-refractivity contribution is 0.202. The van der Waals surface area contributed by atoms with Crippen LogP contribution in [0.2, 0.25) is 0 Å². The monoisotopic (exact) mass is 244 g/mol. The van der Waals surface area contributed by atoms with E-state index in [1.165, 1.54) is 19.3 Å². The molecule has 0 aromatic carbocycles. The summed E-state index contributed by atoms with van der Waals surface area (Å²) in [6.07, 6.45) is 3.89. The average molecular weight is 244 g/mol. The predicted molar refractivity (Wildman–Crippen MR) is 71.6 cm³/mol. The molecule has 2 N–H and O–H groups in total. The van der Waals surface area contributed by atoms with Crippen molar-refractivity contribution in [1.82, 2.24) is 10.6 Å². The topological polar surface area (TPSA) is 33.3 Å². The summed E-state index contributed by atoms with van der Waals surface area (Å²) in [5.74, 6) is 1.50. The fourth-order valence-corrected chi connectivity index (χ4v) is 2.53. The van der Waals surface area contributed by atoms with Gasteiger partial charge in [0, 0.05) is 19.7 Å². The Kier molecular flexibility index (Phi) is 6.06. The normalized spacial score (nSPS) is 29.8. The summed E-state index contributed by atoms with van der Waals surface area (Å²) in [5.41, 5.74) is 0. The number of nitrogens with one attached hydrogen (secondary N) is 2. The Morgan fingerprint density at radius 2 is 2.12 bits per heavy atom. The summed E-state index contributed by atoms with van der Waals surface area (Å²) < 4.78 is 4.97. The molecular weight excluding hydrogens is 220 g/mol. The molecule has 1 aliphatic rings. The largest absolute Gasteiger partial charge is 0.383 e. The fourth-order valence-electron chi connectivity index (χ4n) is 2.27. The van der Waals surface area contributed by atoms with Gasteiger partial charge >= 0.3 is 0 Å². The third-order valence-corrected chi connectivity index (χ3v) is 3.88. The molecule has 3 atom stereocenters. The second-order valence-corrected chi connectivity index (χ2v) is 5.18. The SMILES string of the molecule is COCCNC(=S)N[C@@H]1CCC[C@@H](C)[C@H]1C. The minimum atomic E-state index is 0.534. The highest BCUT2D eigenvalue weighted by molar-refractivity contribution is 7.80. The van der Waals surface area contributed by atoms with Crippen LogP contribution in [0.3, 0.4) is 0 Å². The minimum absolute atomic E-state index is 0.534. The van der Waals surface area contributed by atoms with Crippen molar-refractivity contribution in [2.45, 2.75) is 39.2 Å². The molecule has 0 unspecified atom stereocenters. The van der Waals surface area contributed by atoms with E-state index in [-0.39, 0.29) is 0 Å². The molecule has 1 aliphatic carbocycles. The first-order valence-electron chi connectivity index (χ1n) is 6.18. The van der Waals surface area contributed by atoms with E-state index in [9.17, 15) is 0 Å². The quantitative estimate of drug-likeness (QED) is 0.585. The van der Waals surface area contributed by atoms with Crippen LogP contribution in [0, 0.1) is 11.8 Å². The molecule has 94 valence electrons. The van der Waals surface area contributed by atoms with Crippen molar-refractivity contribution in [2.75, 3.05) is 20.3 Å². The predicted octanol–water partition coefficient (Wildman–Crippen LogP) is 1.92. The molecule has 0 amide bonds. The van der Waals surface area contributed by atoms with Gasteiger partial charge < -0.3 is 15.4 Å². The number of thiocarbonyl (C=S) groups is 1. The zero-order valence-corrected chi connectivity index (χ0v) is 11.4. The fraction of sp³-hybridized carbons (Fsp3) is 0.917. The zero-order chi connectivity index (χ0) is 12.0. The van der Waals surface area contributed by atoms with Crippen LogP contribution < -0.4 is 10.6 Å². The standard InChI is InChI=1S/C12H24N2OS/c1-9-5-4-6-11(10(9)2)14-12(16)13-7-8-15-3/h9-11H,4-8H2,1-3H3,(H2,13,14,16)/t9-,10-,11-/m1/s1. The van der Waals surface area contributed by atoms with Gasteiger partial charge in [0.1, 0.15) is 0 Å². The van der Waals surface area contributed by atoms with Crippen LogP contribution >= 0.6 is 12.2 Å². The second kappa shape index (κ2) is 7.07. The third-order valence-electron chi connectivity index (χ3n) is 3.62. The van der Waals surface area contributed by atoms with Crippen molar-refractivity contribution in [3.8, 4) is 0 Å². The van der Waals surface area contributed by atoms with Gasteiger partial charge in [0.05, 0.1) is 6.61 Å². The van der Waals surface area contributed by atoms with E-state index in [1.807, 2.05) is 0 Å². The van der Waals surface area contributed by atoms with Crippen LogP contribution in [-0.4, -0.2) is 31.4 Å². The first-order valence-corrected chi connectivity index (χ1v) is 6.59. The molecule has 0 aliphatic heterocycles. The first kappa shape index (κ1) is 13.7. The Bertz CT molecular complexity index is 223. The van der Waals surface area contributed by atoms with E-state index >= 15 is 0 Å². The molecule has 1 saturated carbocycles. The maximum atomic E-state index is 5.26. The lowest BCUT2D eigenvalue weighted by Crippen LogP contribution is -2.48. The van der Waals surface area contributed by atoms with Gasteiger partial charge in [0.25, 0.3) is 0 Å². The summed E-state index contributed by atoms with van der Waals surface area (Å²) in [5, 5.41) is 7.35. The van der Waals surface area contributed by atoms with Crippen LogP contribution in [0.4, 0.5) is 0 Å². The van der Waals surface area contributed by atoms with Gasteiger partial charge in [-0.05, 0) is 30.5 Å². The maximum Gasteiger partial charge on any atom is 0.166 e. The van der Waals surface area contributed by atoms with Gasteiger partial charge in [-0.2, -0.15) is 0 Å². The summed E-state index contributed by atoms with van der Waals surface area (Å²) in [6.45, 7) is 6.12. The highest BCUT2D eigenvalue weighted by atomic mass is 32.1. The van der Waals surface area contributed by atoms with Crippen molar-refractivity contribution >= 4 is 17.3 Å². The molecule has 0 radical (unpaired) electrons. The van der Waals surface area contributed by atoms with Crippen LogP contribution in [0.25, 0.3) is 0 Å². The number of hydrogen-bond acceptors (Lipinski definition) is 2. The van der Waals surface area contributed by atoms with Crippen LogP contribution in [0.15, 0.2) is 0 Å². The Morgan fingerprint density at radius 1 is 1.38 bits per heavy atom. The summed E-state index contributed by atoms with van der Waals surface area (Å²) in [6, 6.07) is 0.534. The highest BCUT2D eigenvalue weighted by Crippen LogP contribution is 2.29. The molecule has 1 fully saturated rings. The second-order valence-electron chi connectivity index (χ2n) is 4.77. The van der Waals surface area contributed by atoms with E-state index in [4.69, 9.17) is 17.0 Å². The van der Waals surface area contributed by atoms with Gasteiger partial charge in [-0.1, -0.05) is 26.7 Å². The molecule has 0 aromatic rings. The van der Waals surface area contributed by atoms with Gasteiger partial charge in [0.2, 0.25) is 0 Å². The molecule has 0 spiro atoms. The van der Waals surface area contributed by atoms with E-state index in [1.54, 1.807) is 7.11 Å². The van der Waals surface area contributed by atoms with Crippen molar-refractivity contribution in [3.05, 3.63) is 0 Å². The van der Waals surface area contributed by atoms with Gasteiger partial charge in [-0.15, -0.1) is 0 Å². The lowest BCUT2D eigenvalue weighted by Gasteiger charge is -2.35. The van der Waals surface area contributed by atoms with Crippen LogP contribution in [-0.2, 0) is 4.74 Å². The van der Waals surface area contributed by atoms with Crippen molar-refractivity contribution in [3.63, 3.8) is 0 Å². The molecular formula is C12H24N2OS. The van der Waals surface area contributed by atoms with Gasteiger partial charge in [-0.3, -0.25) is 0 Å². The number of methoxy groups -OCH3 is 1. The molecule has 0 heterocycles. The molecule has 4 heteroatoms. The van der Waals surface area contributed by atoms with Crippen LogP contribution in [0.5, 0.6) is 0 Å². The molecule has 0 saturated heterocycles. The lowest BCUT2D eigenvalue weighted by atomic mass is 9.78. The van der Waals surface area contributed by atoms with Crippen molar-refractivity contribution in [1.29, 1.82) is 0 Å². The van der Waals surface area contributed by atoms with E-state index in [2.05, 4.69) is 24.5 Å².